The van der Waals surface area contributed by atoms with Crippen molar-refractivity contribution in [3.05, 3.63) is 35.6 Å². The lowest BCUT2D eigenvalue weighted by atomic mass is 10.1. The molecule has 0 radical (unpaired) electrons. The van der Waals surface area contributed by atoms with Gasteiger partial charge in [0, 0.05) is 26.7 Å². The highest BCUT2D eigenvalue weighted by Gasteiger charge is 2.26. The highest BCUT2D eigenvalue weighted by molar-refractivity contribution is 5.81. The second kappa shape index (κ2) is 8.25. The SMILES string of the molecule is COC1CCN(C(C)C(=O)NCCc2ccc(F)cc2)CC1. The molecule has 1 aliphatic rings. The molecule has 0 bridgehead atoms. The smallest absolute Gasteiger partial charge is 0.237 e. The van der Waals surface area contributed by atoms with Gasteiger partial charge < -0.3 is 10.1 Å². The molecule has 1 saturated heterocycles. The maximum Gasteiger partial charge on any atom is 0.237 e. The summed E-state index contributed by atoms with van der Waals surface area (Å²) in [6, 6.07) is 6.27. The zero-order valence-electron chi connectivity index (χ0n) is 13.3. The van der Waals surface area contributed by atoms with Crippen LogP contribution in [-0.2, 0) is 16.0 Å². The first-order valence-electron chi connectivity index (χ1n) is 7.89. The van der Waals surface area contributed by atoms with E-state index in [0.717, 1.165) is 31.5 Å². The Labute approximate surface area is 131 Å². The number of amides is 1. The molecule has 22 heavy (non-hydrogen) atoms. The van der Waals surface area contributed by atoms with Gasteiger partial charge in [-0.1, -0.05) is 12.1 Å². The van der Waals surface area contributed by atoms with Gasteiger partial charge in [-0.25, -0.2) is 4.39 Å². The average molecular weight is 308 g/mol. The van der Waals surface area contributed by atoms with Crippen LogP contribution in [0.3, 0.4) is 0 Å². The minimum absolute atomic E-state index is 0.0537. The Morgan fingerprint density at radius 3 is 2.59 bits per heavy atom. The number of likely N-dealkylation sites (tertiary alicyclic amines) is 1. The van der Waals surface area contributed by atoms with Gasteiger partial charge >= 0.3 is 0 Å². The van der Waals surface area contributed by atoms with Crippen molar-refractivity contribution < 1.29 is 13.9 Å². The average Bonchev–Trinajstić information content (AvgIpc) is 2.56. The van der Waals surface area contributed by atoms with E-state index in [1.54, 1.807) is 19.2 Å². The Kier molecular flexibility index (Phi) is 6.34. The van der Waals surface area contributed by atoms with Crippen LogP contribution in [0.2, 0.25) is 0 Å². The summed E-state index contributed by atoms with van der Waals surface area (Å²) in [5.74, 6) is -0.182. The van der Waals surface area contributed by atoms with Crippen molar-refractivity contribution >= 4 is 5.91 Å². The van der Waals surface area contributed by atoms with Gasteiger partial charge in [-0.2, -0.15) is 0 Å². The fourth-order valence-electron chi connectivity index (χ4n) is 2.79. The third-order valence-corrected chi connectivity index (χ3v) is 4.36. The number of methoxy groups -OCH3 is 1. The molecule has 122 valence electrons. The standard InChI is InChI=1S/C17H25FN2O2/c1-13(20-11-8-16(22-2)9-12-20)17(21)19-10-7-14-3-5-15(18)6-4-14/h3-6,13,16H,7-12H2,1-2H3,(H,19,21). The molecular formula is C17H25FN2O2. The molecule has 1 heterocycles. The van der Waals surface area contributed by atoms with Crippen molar-refractivity contribution in [3.63, 3.8) is 0 Å². The van der Waals surface area contributed by atoms with Crippen LogP contribution in [0, 0.1) is 5.82 Å². The summed E-state index contributed by atoms with van der Waals surface area (Å²) in [6.45, 7) is 4.31. The topological polar surface area (TPSA) is 41.6 Å². The summed E-state index contributed by atoms with van der Waals surface area (Å²) in [4.78, 5) is 14.4. The second-order valence-corrected chi connectivity index (χ2v) is 5.81. The van der Waals surface area contributed by atoms with Crippen LogP contribution in [0.1, 0.15) is 25.3 Å². The number of benzene rings is 1. The lowest BCUT2D eigenvalue weighted by molar-refractivity contribution is -0.126. The van der Waals surface area contributed by atoms with E-state index in [4.69, 9.17) is 4.74 Å². The van der Waals surface area contributed by atoms with Crippen molar-refractivity contribution in [1.29, 1.82) is 0 Å². The number of nitrogens with one attached hydrogen (secondary N) is 1. The normalized spacial score (nSPS) is 18.1. The van der Waals surface area contributed by atoms with Crippen molar-refractivity contribution in [2.24, 2.45) is 0 Å². The molecule has 1 atom stereocenters. The van der Waals surface area contributed by atoms with E-state index in [2.05, 4.69) is 10.2 Å². The predicted molar refractivity (Wildman–Crippen MR) is 84.2 cm³/mol. The summed E-state index contributed by atoms with van der Waals surface area (Å²) in [5, 5.41) is 2.96. The van der Waals surface area contributed by atoms with E-state index >= 15 is 0 Å². The van der Waals surface area contributed by atoms with E-state index < -0.39 is 0 Å². The van der Waals surface area contributed by atoms with Crippen molar-refractivity contribution in [1.82, 2.24) is 10.2 Å². The molecule has 5 heteroatoms. The van der Waals surface area contributed by atoms with Gasteiger partial charge in [-0.3, -0.25) is 9.69 Å². The Morgan fingerprint density at radius 2 is 2.00 bits per heavy atom. The van der Waals surface area contributed by atoms with Crippen LogP contribution >= 0.6 is 0 Å². The Morgan fingerprint density at radius 1 is 1.36 bits per heavy atom. The number of carbonyl (C=O) groups is 1. The van der Waals surface area contributed by atoms with Crippen LogP contribution in [0.25, 0.3) is 0 Å². The minimum Gasteiger partial charge on any atom is -0.381 e. The van der Waals surface area contributed by atoms with Crippen LogP contribution in [0.15, 0.2) is 24.3 Å². The predicted octanol–water partition coefficient (Wildman–Crippen LogP) is 1.98. The van der Waals surface area contributed by atoms with Crippen LogP contribution < -0.4 is 5.32 Å². The molecule has 1 unspecified atom stereocenters. The van der Waals surface area contributed by atoms with Crippen molar-refractivity contribution in [3.8, 4) is 0 Å². The van der Waals surface area contributed by atoms with Gasteiger partial charge in [0.05, 0.1) is 12.1 Å². The van der Waals surface area contributed by atoms with E-state index in [1.807, 2.05) is 6.92 Å². The third-order valence-electron chi connectivity index (χ3n) is 4.36. The van der Waals surface area contributed by atoms with Crippen LogP contribution in [-0.4, -0.2) is 49.7 Å². The Balaban J connectivity index is 1.71. The third kappa shape index (κ3) is 4.78. The van der Waals surface area contributed by atoms with Crippen LogP contribution in [0.4, 0.5) is 4.39 Å². The van der Waals surface area contributed by atoms with Gasteiger partial charge in [-0.05, 0) is 43.9 Å². The molecule has 1 amide bonds. The second-order valence-electron chi connectivity index (χ2n) is 5.81. The molecule has 0 aromatic heterocycles. The summed E-state index contributed by atoms with van der Waals surface area (Å²) in [6.07, 6.45) is 2.99. The number of ether oxygens (including phenoxy) is 1. The first-order valence-corrected chi connectivity index (χ1v) is 7.89. The minimum atomic E-state index is -0.235. The molecule has 0 saturated carbocycles. The molecule has 1 aliphatic heterocycles. The Bertz CT molecular complexity index is 470. The number of halogens is 1. The highest BCUT2D eigenvalue weighted by atomic mass is 19.1. The lowest BCUT2D eigenvalue weighted by Gasteiger charge is -2.34. The zero-order valence-corrected chi connectivity index (χ0v) is 13.3. The maximum atomic E-state index is 12.8. The van der Waals surface area contributed by atoms with Crippen LogP contribution in [0.5, 0.6) is 0 Å². The van der Waals surface area contributed by atoms with Crippen molar-refractivity contribution in [2.75, 3.05) is 26.7 Å². The molecule has 1 aromatic carbocycles. The lowest BCUT2D eigenvalue weighted by Crippen LogP contribution is -2.49. The first kappa shape index (κ1) is 16.9. The molecule has 1 fully saturated rings. The van der Waals surface area contributed by atoms with Gasteiger partial charge in [0.25, 0.3) is 0 Å². The van der Waals surface area contributed by atoms with Gasteiger partial charge in [0.15, 0.2) is 0 Å². The van der Waals surface area contributed by atoms with Gasteiger partial charge in [-0.15, -0.1) is 0 Å². The Hall–Kier alpha value is -1.46. The number of carbonyl (C=O) groups excluding carboxylic acids is 1. The fourth-order valence-corrected chi connectivity index (χ4v) is 2.79. The summed E-state index contributed by atoms with van der Waals surface area (Å²) < 4.78 is 18.2. The fraction of sp³-hybridized carbons (Fsp3) is 0.588. The first-order chi connectivity index (χ1) is 10.6. The van der Waals surface area contributed by atoms with E-state index in [1.165, 1.54) is 12.1 Å². The molecule has 0 aliphatic carbocycles. The van der Waals surface area contributed by atoms with E-state index in [9.17, 15) is 9.18 Å². The molecule has 0 spiro atoms. The molecular weight excluding hydrogens is 283 g/mol. The van der Waals surface area contributed by atoms with E-state index in [0.29, 0.717) is 19.1 Å². The molecule has 1 aromatic rings. The molecule has 4 nitrogen and oxygen atoms in total. The number of rotatable bonds is 6. The largest absolute Gasteiger partial charge is 0.381 e. The van der Waals surface area contributed by atoms with Crippen molar-refractivity contribution in [2.45, 2.75) is 38.3 Å². The monoisotopic (exact) mass is 308 g/mol. The number of piperidine rings is 1. The summed E-state index contributed by atoms with van der Waals surface area (Å²) in [7, 11) is 1.74. The number of hydrogen-bond donors (Lipinski definition) is 1. The summed E-state index contributed by atoms with van der Waals surface area (Å²) in [5.41, 5.74) is 1.02. The maximum absolute atomic E-state index is 12.8. The summed E-state index contributed by atoms with van der Waals surface area (Å²) >= 11 is 0. The van der Waals surface area contributed by atoms with E-state index in [-0.39, 0.29) is 17.8 Å². The molecule has 1 N–H and O–H groups in total. The molecule has 2 rings (SSSR count). The highest BCUT2D eigenvalue weighted by Crippen LogP contribution is 2.15. The van der Waals surface area contributed by atoms with Gasteiger partial charge in [0.1, 0.15) is 5.82 Å². The van der Waals surface area contributed by atoms with Gasteiger partial charge in [0.2, 0.25) is 5.91 Å². The quantitative estimate of drug-likeness (QED) is 0.874. The number of hydrogen-bond acceptors (Lipinski definition) is 3. The zero-order chi connectivity index (χ0) is 15.9. The number of nitrogens with zero attached hydrogens (tertiary/aromatic N) is 1.